The summed E-state index contributed by atoms with van der Waals surface area (Å²) in [7, 11) is 0. The predicted molar refractivity (Wildman–Crippen MR) is 81.3 cm³/mol. The fraction of sp³-hybridized carbons (Fsp3) is 0.0625. The fourth-order valence-corrected chi connectivity index (χ4v) is 1.70. The Bertz CT molecular complexity index is 713. The Morgan fingerprint density at radius 2 is 1.87 bits per heavy atom. The Hall–Kier alpha value is -3.09. The van der Waals surface area contributed by atoms with Crippen LogP contribution in [0.25, 0.3) is 6.08 Å². The van der Waals surface area contributed by atoms with Gasteiger partial charge in [-0.1, -0.05) is 6.07 Å². The highest BCUT2D eigenvalue weighted by Crippen LogP contribution is 2.13. The highest BCUT2D eigenvalue weighted by molar-refractivity contribution is 5.97. The van der Waals surface area contributed by atoms with Crippen molar-refractivity contribution in [3.05, 3.63) is 66.0 Å². The van der Waals surface area contributed by atoms with Gasteiger partial charge in [0.25, 0.3) is 0 Å². The van der Waals surface area contributed by atoms with E-state index in [1.165, 1.54) is 12.3 Å². The summed E-state index contributed by atoms with van der Waals surface area (Å²) < 4.78 is 26.7. The van der Waals surface area contributed by atoms with Crippen LogP contribution in [-0.4, -0.2) is 23.3 Å². The minimum absolute atomic E-state index is 0.280. The maximum absolute atomic E-state index is 13.4. The maximum Gasteiger partial charge on any atom is 0.244 e. The number of carbonyl (C=O) groups excluding carboxylic acids is 2. The highest BCUT2D eigenvalue weighted by atomic mass is 19.1. The zero-order valence-corrected chi connectivity index (χ0v) is 11.9. The van der Waals surface area contributed by atoms with Crippen LogP contribution in [0.1, 0.15) is 5.56 Å². The van der Waals surface area contributed by atoms with Gasteiger partial charge in [-0.25, -0.2) is 8.78 Å². The summed E-state index contributed by atoms with van der Waals surface area (Å²) in [6, 6.07) is 6.70. The van der Waals surface area contributed by atoms with Gasteiger partial charge >= 0.3 is 0 Å². The molecule has 0 saturated heterocycles. The molecule has 23 heavy (non-hydrogen) atoms. The van der Waals surface area contributed by atoms with Gasteiger partial charge in [0, 0.05) is 17.8 Å². The monoisotopic (exact) mass is 317 g/mol. The van der Waals surface area contributed by atoms with E-state index >= 15 is 0 Å². The molecule has 1 aromatic carbocycles. The molecule has 118 valence electrons. The number of hydrogen-bond acceptors (Lipinski definition) is 3. The molecule has 0 unspecified atom stereocenters. The van der Waals surface area contributed by atoms with E-state index in [4.69, 9.17) is 0 Å². The van der Waals surface area contributed by atoms with E-state index in [0.29, 0.717) is 5.69 Å². The Kier molecular flexibility index (Phi) is 5.51. The van der Waals surface area contributed by atoms with Gasteiger partial charge in [-0.15, -0.1) is 0 Å². The van der Waals surface area contributed by atoms with Crippen molar-refractivity contribution in [1.29, 1.82) is 0 Å². The molecule has 2 aromatic rings. The molecule has 0 fully saturated rings. The quantitative estimate of drug-likeness (QED) is 0.830. The predicted octanol–water partition coefficient (Wildman–Crippen LogP) is 2.13. The first-order chi connectivity index (χ1) is 11.1. The first-order valence-electron chi connectivity index (χ1n) is 6.66. The summed E-state index contributed by atoms with van der Waals surface area (Å²) in [5, 5.41) is 4.84. The van der Waals surface area contributed by atoms with Crippen molar-refractivity contribution in [3.8, 4) is 0 Å². The van der Waals surface area contributed by atoms with Gasteiger partial charge in [-0.05, 0) is 30.3 Å². The van der Waals surface area contributed by atoms with Gasteiger partial charge in [-0.3, -0.25) is 14.6 Å². The summed E-state index contributed by atoms with van der Waals surface area (Å²) in [6.45, 7) is -0.280. The van der Waals surface area contributed by atoms with Gasteiger partial charge in [0.1, 0.15) is 11.6 Å². The topological polar surface area (TPSA) is 71.1 Å². The third kappa shape index (κ3) is 4.99. The van der Waals surface area contributed by atoms with Crippen LogP contribution in [0.5, 0.6) is 0 Å². The SMILES string of the molecule is O=C(C=Cc1c(F)cccc1F)NCC(=O)Nc1cccnc1. The average Bonchev–Trinajstić information content (AvgIpc) is 2.53. The van der Waals surface area contributed by atoms with Crippen molar-refractivity contribution < 1.29 is 18.4 Å². The molecule has 0 radical (unpaired) electrons. The largest absolute Gasteiger partial charge is 0.343 e. The molecular formula is C16H13F2N3O2. The van der Waals surface area contributed by atoms with E-state index in [9.17, 15) is 18.4 Å². The Labute approximate surface area is 131 Å². The van der Waals surface area contributed by atoms with E-state index in [1.54, 1.807) is 18.3 Å². The van der Waals surface area contributed by atoms with Crippen LogP contribution in [0.2, 0.25) is 0 Å². The van der Waals surface area contributed by atoms with Crippen LogP contribution in [0.3, 0.4) is 0 Å². The Balaban J connectivity index is 1.85. The third-order valence-electron chi connectivity index (χ3n) is 2.77. The minimum Gasteiger partial charge on any atom is -0.343 e. The van der Waals surface area contributed by atoms with Crippen molar-refractivity contribution in [2.45, 2.75) is 0 Å². The van der Waals surface area contributed by atoms with Crippen molar-refractivity contribution in [3.63, 3.8) is 0 Å². The average molecular weight is 317 g/mol. The molecule has 7 heteroatoms. The lowest BCUT2D eigenvalue weighted by molar-refractivity contribution is -0.121. The summed E-state index contributed by atoms with van der Waals surface area (Å²) >= 11 is 0. The van der Waals surface area contributed by atoms with Gasteiger partial charge in [0.15, 0.2) is 0 Å². The van der Waals surface area contributed by atoms with Crippen LogP contribution in [-0.2, 0) is 9.59 Å². The maximum atomic E-state index is 13.4. The van der Waals surface area contributed by atoms with E-state index in [2.05, 4.69) is 15.6 Å². The number of benzene rings is 1. The van der Waals surface area contributed by atoms with Crippen molar-refractivity contribution in [1.82, 2.24) is 10.3 Å². The van der Waals surface area contributed by atoms with Crippen molar-refractivity contribution >= 4 is 23.6 Å². The van der Waals surface area contributed by atoms with Gasteiger partial charge in [0.2, 0.25) is 11.8 Å². The number of pyridine rings is 1. The first kappa shape index (κ1) is 16.3. The van der Waals surface area contributed by atoms with Crippen molar-refractivity contribution in [2.24, 2.45) is 0 Å². The molecule has 0 aliphatic rings. The molecule has 2 amide bonds. The minimum atomic E-state index is -0.775. The second kappa shape index (κ2) is 7.79. The number of anilines is 1. The van der Waals surface area contributed by atoms with Crippen LogP contribution >= 0.6 is 0 Å². The van der Waals surface area contributed by atoms with Gasteiger partial charge in [0.05, 0.1) is 18.4 Å². The first-order valence-corrected chi connectivity index (χ1v) is 6.66. The lowest BCUT2D eigenvalue weighted by Crippen LogP contribution is -2.31. The van der Waals surface area contributed by atoms with Crippen LogP contribution < -0.4 is 10.6 Å². The molecule has 1 heterocycles. The van der Waals surface area contributed by atoms with Gasteiger partial charge < -0.3 is 10.6 Å². The number of nitrogens with one attached hydrogen (secondary N) is 2. The number of amides is 2. The van der Waals surface area contributed by atoms with Gasteiger partial charge in [-0.2, -0.15) is 0 Å². The molecule has 0 atom stereocenters. The number of rotatable bonds is 5. The number of halogens is 2. The molecule has 2 N–H and O–H groups in total. The highest BCUT2D eigenvalue weighted by Gasteiger charge is 2.06. The van der Waals surface area contributed by atoms with E-state index in [0.717, 1.165) is 24.3 Å². The molecule has 1 aromatic heterocycles. The summed E-state index contributed by atoms with van der Waals surface area (Å²) in [6.07, 6.45) is 4.99. The molecule has 0 saturated carbocycles. The molecular weight excluding hydrogens is 304 g/mol. The van der Waals surface area contributed by atoms with Crippen LogP contribution in [0.4, 0.5) is 14.5 Å². The second-order valence-corrected chi connectivity index (χ2v) is 4.48. The molecule has 0 aliphatic carbocycles. The van der Waals surface area contributed by atoms with E-state index in [1.807, 2.05) is 0 Å². The molecule has 5 nitrogen and oxygen atoms in total. The summed E-state index contributed by atoms with van der Waals surface area (Å²) in [5.41, 5.74) is 0.179. The number of nitrogens with zero attached hydrogens (tertiary/aromatic N) is 1. The number of carbonyl (C=O) groups is 2. The number of hydrogen-bond donors (Lipinski definition) is 2. The second-order valence-electron chi connectivity index (χ2n) is 4.48. The summed E-state index contributed by atoms with van der Waals surface area (Å²) in [5.74, 6) is -2.64. The fourth-order valence-electron chi connectivity index (χ4n) is 1.70. The van der Waals surface area contributed by atoms with Crippen molar-refractivity contribution in [2.75, 3.05) is 11.9 Å². The normalized spacial score (nSPS) is 10.5. The third-order valence-corrected chi connectivity index (χ3v) is 2.77. The Morgan fingerprint density at radius 3 is 2.52 bits per heavy atom. The number of aromatic nitrogens is 1. The van der Waals surface area contributed by atoms with E-state index in [-0.39, 0.29) is 12.1 Å². The smallest absolute Gasteiger partial charge is 0.244 e. The standard InChI is InChI=1S/C16H13F2N3O2/c17-13-4-1-5-14(18)12(13)6-7-15(22)20-10-16(23)21-11-3-2-8-19-9-11/h1-9H,10H2,(H,20,22)(H,21,23). The lowest BCUT2D eigenvalue weighted by atomic mass is 10.2. The molecule has 0 spiro atoms. The Morgan fingerprint density at radius 1 is 1.13 bits per heavy atom. The van der Waals surface area contributed by atoms with Crippen LogP contribution in [0.15, 0.2) is 48.8 Å². The zero-order chi connectivity index (χ0) is 16.7. The zero-order valence-electron chi connectivity index (χ0n) is 11.9. The molecule has 0 aliphatic heterocycles. The molecule has 0 bridgehead atoms. The summed E-state index contributed by atoms with van der Waals surface area (Å²) in [4.78, 5) is 27.0. The van der Waals surface area contributed by atoms with Crippen LogP contribution in [0, 0.1) is 11.6 Å². The van der Waals surface area contributed by atoms with E-state index < -0.39 is 23.4 Å². The lowest BCUT2D eigenvalue weighted by Gasteiger charge is -2.05. The molecule has 2 rings (SSSR count).